The maximum Gasteiger partial charge on any atom is 0.00669 e. The number of unbranched alkanes of at least 4 members (excludes halogenated alkanes) is 2. The van der Waals surface area contributed by atoms with Crippen molar-refractivity contribution in [1.29, 1.82) is 0 Å². The van der Waals surface area contributed by atoms with Gasteiger partial charge < -0.3 is 5.32 Å². The first-order chi connectivity index (χ1) is 7.34. The summed E-state index contributed by atoms with van der Waals surface area (Å²) in [7, 11) is 0. The van der Waals surface area contributed by atoms with Crippen molar-refractivity contribution in [3.63, 3.8) is 0 Å². The summed E-state index contributed by atoms with van der Waals surface area (Å²) in [5.74, 6) is 2.30. The van der Waals surface area contributed by atoms with Crippen LogP contribution in [0.5, 0.6) is 0 Å². The molecule has 1 atom stereocenters. The molecule has 1 unspecified atom stereocenters. The van der Waals surface area contributed by atoms with Crippen LogP contribution >= 0.6 is 11.8 Å². The van der Waals surface area contributed by atoms with Crippen molar-refractivity contribution in [2.24, 2.45) is 5.92 Å². The molecule has 90 valence electrons. The fraction of sp³-hybridized carbons (Fsp3) is 1.00. The zero-order valence-corrected chi connectivity index (χ0v) is 11.2. The van der Waals surface area contributed by atoms with E-state index in [1.165, 1.54) is 57.2 Å². The number of rotatable bonds is 8. The largest absolute Gasteiger partial charge is 0.314 e. The van der Waals surface area contributed by atoms with E-state index in [1.807, 2.05) is 11.8 Å². The van der Waals surface area contributed by atoms with Gasteiger partial charge in [0.05, 0.1) is 0 Å². The summed E-state index contributed by atoms with van der Waals surface area (Å²) in [4.78, 5) is 0. The predicted octanol–water partition coefficient (Wildman–Crippen LogP) is 3.69. The summed E-state index contributed by atoms with van der Waals surface area (Å²) in [6.07, 6.45) is 12.2. The second-order valence-electron chi connectivity index (χ2n) is 4.84. The molecular weight excluding hydrogens is 202 g/mol. The van der Waals surface area contributed by atoms with Gasteiger partial charge in [-0.15, -0.1) is 0 Å². The molecule has 1 fully saturated rings. The van der Waals surface area contributed by atoms with Crippen molar-refractivity contribution >= 4 is 11.8 Å². The van der Waals surface area contributed by atoms with Crippen LogP contribution in [-0.2, 0) is 0 Å². The van der Waals surface area contributed by atoms with Crippen LogP contribution in [0.15, 0.2) is 0 Å². The van der Waals surface area contributed by atoms with E-state index in [1.54, 1.807) is 0 Å². The van der Waals surface area contributed by atoms with Gasteiger partial charge in [0.25, 0.3) is 0 Å². The first-order valence-corrected chi connectivity index (χ1v) is 7.96. The van der Waals surface area contributed by atoms with Gasteiger partial charge in [-0.05, 0) is 57.1 Å². The molecule has 1 aliphatic carbocycles. The van der Waals surface area contributed by atoms with Crippen molar-refractivity contribution < 1.29 is 0 Å². The highest BCUT2D eigenvalue weighted by atomic mass is 32.2. The van der Waals surface area contributed by atoms with E-state index < -0.39 is 0 Å². The first kappa shape index (κ1) is 13.4. The maximum atomic E-state index is 3.69. The highest BCUT2D eigenvalue weighted by Gasteiger charge is 2.20. The molecule has 0 saturated heterocycles. The van der Waals surface area contributed by atoms with Crippen molar-refractivity contribution in [3.05, 3.63) is 0 Å². The molecule has 1 nitrogen and oxygen atoms in total. The van der Waals surface area contributed by atoms with E-state index in [4.69, 9.17) is 0 Å². The number of nitrogens with one attached hydrogen (secondary N) is 1. The fourth-order valence-corrected chi connectivity index (χ4v) is 2.99. The average Bonchev–Trinajstić information content (AvgIpc) is 2.76. The third-order valence-electron chi connectivity index (χ3n) is 3.60. The Morgan fingerprint density at radius 1 is 1.20 bits per heavy atom. The molecule has 15 heavy (non-hydrogen) atoms. The lowest BCUT2D eigenvalue weighted by atomic mass is 10.00. The molecule has 1 rings (SSSR count). The van der Waals surface area contributed by atoms with Gasteiger partial charge in [0.2, 0.25) is 0 Å². The third-order valence-corrected chi connectivity index (χ3v) is 4.30. The Bertz CT molecular complexity index is 143. The number of hydrogen-bond donors (Lipinski definition) is 1. The first-order valence-electron chi connectivity index (χ1n) is 6.57. The molecule has 0 spiro atoms. The Labute approximate surface area is 99.8 Å². The van der Waals surface area contributed by atoms with Crippen LogP contribution in [0.25, 0.3) is 0 Å². The fourth-order valence-electron chi connectivity index (χ4n) is 2.50. The molecule has 0 aromatic heterocycles. The highest BCUT2D eigenvalue weighted by Crippen LogP contribution is 2.27. The van der Waals surface area contributed by atoms with Gasteiger partial charge in [0.1, 0.15) is 0 Å². The van der Waals surface area contributed by atoms with E-state index in [0.717, 1.165) is 12.0 Å². The van der Waals surface area contributed by atoms with Crippen molar-refractivity contribution in [2.45, 2.75) is 57.9 Å². The summed E-state index contributed by atoms with van der Waals surface area (Å²) in [6.45, 7) is 3.60. The quantitative estimate of drug-likeness (QED) is 0.637. The third kappa shape index (κ3) is 5.82. The summed E-state index contributed by atoms with van der Waals surface area (Å²) < 4.78 is 0. The smallest absolute Gasteiger partial charge is 0.00669 e. The van der Waals surface area contributed by atoms with Crippen LogP contribution < -0.4 is 5.32 Å². The number of hydrogen-bond acceptors (Lipinski definition) is 2. The average molecular weight is 229 g/mol. The van der Waals surface area contributed by atoms with Crippen molar-refractivity contribution in [1.82, 2.24) is 5.32 Å². The summed E-state index contributed by atoms with van der Waals surface area (Å²) in [5, 5.41) is 3.69. The lowest BCUT2D eigenvalue weighted by Gasteiger charge is -2.20. The zero-order chi connectivity index (χ0) is 10.9. The summed E-state index contributed by atoms with van der Waals surface area (Å²) in [6, 6.07) is 0.757. The Kier molecular flexibility index (Phi) is 7.54. The Morgan fingerprint density at radius 2 is 1.93 bits per heavy atom. The molecule has 0 heterocycles. The van der Waals surface area contributed by atoms with Crippen LogP contribution in [0.2, 0.25) is 0 Å². The molecule has 0 aliphatic heterocycles. The maximum absolute atomic E-state index is 3.69. The SMILES string of the molecule is CSCCCCCNC(C)C1CCCC1. The highest BCUT2D eigenvalue weighted by molar-refractivity contribution is 7.98. The second-order valence-corrected chi connectivity index (χ2v) is 5.83. The molecule has 1 aliphatic rings. The lowest BCUT2D eigenvalue weighted by molar-refractivity contribution is 0.378. The van der Waals surface area contributed by atoms with Gasteiger partial charge in [-0.25, -0.2) is 0 Å². The van der Waals surface area contributed by atoms with Gasteiger partial charge in [-0.3, -0.25) is 0 Å². The molecule has 0 amide bonds. The molecular formula is C13H27NS. The van der Waals surface area contributed by atoms with Crippen LogP contribution in [0.3, 0.4) is 0 Å². The van der Waals surface area contributed by atoms with Gasteiger partial charge in [-0.1, -0.05) is 19.3 Å². The van der Waals surface area contributed by atoms with Gasteiger partial charge >= 0.3 is 0 Å². The number of thioether (sulfide) groups is 1. The molecule has 1 N–H and O–H groups in total. The van der Waals surface area contributed by atoms with Gasteiger partial charge in [0.15, 0.2) is 0 Å². The van der Waals surface area contributed by atoms with E-state index in [9.17, 15) is 0 Å². The minimum absolute atomic E-state index is 0.757. The Hall–Kier alpha value is 0.310. The van der Waals surface area contributed by atoms with E-state index in [-0.39, 0.29) is 0 Å². The van der Waals surface area contributed by atoms with Crippen molar-refractivity contribution in [3.8, 4) is 0 Å². The summed E-state index contributed by atoms with van der Waals surface area (Å²) >= 11 is 1.97. The van der Waals surface area contributed by atoms with Crippen LogP contribution in [-0.4, -0.2) is 24.6 Å². The van der Waals surface area contributed by atoms with Crippen molar-refractivity contribution in [2.75, 3.05) is 18.6 Å². The Morgan fingerprint density at radius 3 is 2.60 bits per heavy atom. The molecule has 2 heteroatoms. The van der Waals surface area contributed by atoms with E-state index in [2.05, 4.69) is 18.5 Å². The lowest BCUT2D eigenvalue weighted by Crippen LogP contribution is -2.32. The van der Waals surface area contributed by atoms with Crippen LogP contribution in [0.1, 0.15) is 51.9 Å². The molecule has 0 bridgehead atoms. The molecule has 0 radical (unpaired) electrons. The molecule has 0 aromatic rings. The molecule has 0 aromatic carbocycles. The monoisotopic (exact) mass is 229 g/mol. The molecule has 1 saturated carbocycles. The zero-order valence-electron chi connectivity index (χ0n) is 10.4. The normalized spacial score (nSPS) is 19.6. The van der Waals surface area contributed by atoms with E-state index >= 15 is 0 Å². The second kappa shape index (κ2) is 8.46. The summed E-state index contributed by atoms with van der Waals surface area (Å²) in [5.41, 5.74) is 0. The predicted molar refractivity (Wildman–Crippen MR) is 71.7 cm³/mol. The van der Waals surface area contributed by atoms with E-state index in [0.29, 0.717) is 0 Å². The van der Waals surface area contributed by atoms with Crippen LogP contribution in [0.4, 0.5) is 0 Å². The van der Waals surface area contributed by atoms with Crippen LogP contribution in [0, 0.1) is 5.92 Å². The van der Waals surface area contributed by atoms with Gasteiger partial charge in [-0.2, -0.15) is 11.8 Å². The van der Waals surface area contributed by atoms with Gasteiger partial charge in [0, 0.05) is 6.04 Å². The minimum atomic E-state index is 0.757. The topological polar surface area (TPSA) is 12.0 Å². The standard InChI is InChI=1S/C13H27NS/c1-12(13-8-4-5-9-13)14-10-6-3-7-11-15-2/h12-14H,3-11H2,1-2H3. The minimum Gasteiger partial charge on any atom is -0.314 e. The Balaban J connectivity index is 1.90.